The number of amides is 5. The first-order valence-corrected chi connectivity index (χ1v) is 20.9. The van der Waals surface area contributed by atoms with Crippen molar-refractivity contribution in [2.75, 3.05) is 31.5 Å². The molecule has 16 heteroatoms. The van der Waals surface area contributed by atoms with E-state index in [4.69, 9.17) is 18.9 Å². The van der Waals surface area contributed by atoms with Gasteiger partial charge in [0.15, 0.2) is 0 Å². The predicted molar refractivity (Wildman–Crippen MR) is 227 cm³/mol. The number of hydrogen-bond acceptors (Lipinski definition) is 10. The molecule has 3 aromatic rings. The maximum Gasteiger partial charge on any atom is 0.410 e. The zero-order chi connectivity index (χ0) is 44.8. The van der Waals surface area contributed by atoms with Crippen molar-refractivity contribution in [3.05, 3.63) is 102 Å². The molecule has 4 aliphatic rings. The summed E-state index contributed by atoms with van der Waals surface area (Å²) in [4.78, 5) is 82.3. The number of carboxylic acid groups (broad SMARTS) is 1. The minimum Gasteiger partial charge on any atom is -0.481 e. The molecule has 0 bridgehead atoms. The Kier molecular flexibility index (Phi) is 14.0. The van der Waals surface area contributed by atoms with E-state index in [9.17, 15) is 33.9 Å². The van der Waals surface area contributed by atoms with E-state index < -0.39 is 71.5 Å². The minimum absolute atomic E-state index is 0.0115. The van der Waals surface area contributed by atoms with Gasteiger partial charge in [0.05, 0.1) is 36.0 Å². The van der Waals surface area contributed by atoms with Gasteiger partial charge in [-0.05, 0) is 77.6 Å². The van der Waals surface area contributed by atoms with Gasteiger partial charge in [-0.3, -0.25) is 9.59 Å². The van der Waals surface area contributed by atoms with Crippen LogP contribution < -0.4 is 5.32 Å². The van der Waals surface area contributed by atoms with Gasteiger partial charge in [-0.15, -0.1) is 0 Å². The highest BCUT2D eigenvalue weighted by molar-refractivity contribution is 5.94. The number of para-hydroxylation sites is 1. The summed E-state index contributed by atoms with van der Waals surface area (Å²) in [6.45, 7) is 11.9. The topological polar surface area (TPSA) is 185 Å². The van der Waals surface area contributed by atoms with E-state index in [0.717, 1.165) is 11.1 Å². The SMILES string of the molecule is CC(C)(C)OC(=O)N1CC[C@@H]2[C@H]1C(C(=O)O)CN2C(=O)OCc1ccccc1.CC(C)(C)OC(=O)N1CC[C@@H]2[C@H]1[C@@H](C(=O)Nc1ccccc1)CN2C(=O)OCc1ccccc1. The molecule has 4 saturated heterocycles. The van der Waals surface area contributed by atoms with Gasteiger partial charge in [-0.25, -0.2) is 19.2 Å². The van der Waals surface area contributed by atoms with E-state index in [1.54, 1.807) is 63.5 Å². The summed E-state index contributed by atoms with van der Waals surface area (Å²) in [5.41, 5.74) is 1.05. The molecular weight excluding hydrogens is 799 g/mol. The number of nitrogens with zero attached hydrogens (tertiary/aromatic N) is 4. The summed E-state index contributed by atoms with van der Waals surface area (Å²) in [7, 11) is 0. The Morgan fingerprint density at radius 3 is 1.35 bits per heavy atom. The second-order valence-corrected chi connectivity index (χ2v) is 17.8. The van der Waals surface area contributed by atoms with Gasteiger partial charge in [0.1, 0.15) is 24.4 Å². The summed E-state index contributed by atoms with van der Waals surface area (Å²) < 4.78 is 22.0. The molecule has 0 saturated carbocycles. The molecule has 4 heterocycles. The van der Waals surface area contributed by atoms with Crippen LogP contribution in [-0.2, 0) is 41.8 Å². The summed E-state index contributed by atoms with van der Waals surface area (Å²) in [6, 6.07) is 26.0. The highest BCUT2D eigenvalue weighted by atomic mass is 16.6. The number of fused-ring (bicyclic) bond motifs is 2. The number of benzene rings is 3. The van der Waals surface area contributed by atoms with Crippen molar-refractivity contribution >= 4 is 41.9 Å². The first-order chi connectivity index (χ1) is 29.4. The summed E-state index contributed by atoms with van der Waals surface area (Å²) >= 11 is 0. The zero-order valence-corrected chi connectivity index (χ0v) is 36.1. The highest BCUT2D eigenvalue weighted by Crippen LogP contribution is 2.39. The lowest BCUT2D eigenvalue weighted by atomic mass is 9.98. The fourth-order valence-corrected chi connectivity index (χ4v) is 8.47. The molecule has 1 unspecified atom stereocenters. The standard InChI is InChI=1S/C26H31N3O5.C20H26N2O6/c1-26(2,3)34-25(32)28-15-14-21-22(28)20(23(30)27-19-12-8-5-9-13-19)16-29(21)24(31)33-17-18-10-6-4-7-11-18;1-20(2,3)28-19(26)21-10-9-15-16(21)14(17(23)24)11-22(15)18(25)27-12-13-7-5-4-6-8-13/h4-13,20-22H,14-17H2,1-3H3,(H,27,30);4-8,14-16H,9-12H2,1-3H3,(H,23,24)/t20-,21+,22+;14?,15-,16-/m01/s1. The second kappa shape index (κ2) is 19.2. The van der Waals surface area contributed by atoms with Gasteiger partial charge >= 0.3 is 30.3 Å². The molecule has 16 nitrogen and oxygen atoms in total. The van der Waals surface area contributed by atoms with E-state index in [1.807, 2.05) is 78.9 Å². The van der Waals surface area contributed by atoms with Crippen LogP contribution in [0.5, 0.6) is 0 Å². The molecule has 5 amide bonds. The van der Waals surface area contributed by atoms with E-state index in [2.05, 4.69) is 5.32 Å². The quantitative estimate of drug-likeness (QED) is 0.234. The Morgan fingerprint density at radius 1 is 0.565 bits per heavy atom. The van der Waals surface area contributed by atoms with Crippen LogP contribution in [0.4, 0.5) is 24.9 Å². The molecular formula is C46H57N5O11. The molecule has 62 heavy (non-hydrogen) atoms. The van der Waals surface area contributed by atoms with Crippen molar-refractivity contribution in [1.29, 1.82) is 0 Å². The Bertz CT molecular complexity index is 2060. The number of rotatable bonds is 7. The number of anilines is 1. The first-order valence-electron chi connectivity index (χ1n) is 20.9. The van der Waals surface area contributed by atoms with Crippen LogP contribution in [0.25, 0.3) is 0 Å². The van der Waals surface area contributed by atoms with Gasteiger partial charge < -0.3 is 49.0 Å². The number of carboxylic acids is 1. The number of ether oxygens (including phenoxy) is 4. The summed E-state index contributed by atoms with van der Waals surface area (Å²) in [5.74, 6) is -2.76. The first kappa shape index (κ1) is 45.2. The van der Waals surface area contributed by atoms with Crippen LogP contribution in [0.1, 0.15) is 65.5 Å². The third-order valence-electron chi connectivity index (χ3n) is 11.1. The molecule has 0 aromatic heterocycles. The zero-order valence-electron chi connectivity index (χ0n) is 36.1. The molecule has 4 aliphatic heterocycles. The molecule has 3 aromatic carbocycles. The van der Waals surface area contributed by atoms with Crippen LogP contribution in [0.2, 0.25) is 0 Å². The van der Waals surface area contributed by atoms with E-state index >= 15 is 0 Å². The fourth-order valence-electron chi connectivity index (χ4n) is 8.47. The number of carbonyl (C=O) groups is 6. The van der Waals surface area contributed by atoms with Gasteiger partial charge in [0, 0.05) is 31.9 Å². The third-order valence-corrected chi connectivity index (χ3v) is 11.1. The second-order valence-electron chi connectivity index (χ2n) is 17.8. The Morgan fingerprint density at radius 2 is 0.952 bits per heavy atom. The lowest BCUT2D eigenvalue weighted by molar-refractivity contribution is -0.142. The Labute approximate surface area is 362 Å². The average molecular weight is 856 g/mol. The molecule has 0 spiro atoms. The average Bonchev–Trinajstić information content (AvgIpc) is 4.01. The predicted octanol–water partition coefficient (Wildman–Crippen LogP) is 6.99. The Balaban J connectivity index is 0.000000211. The maximum atomic E-state index is 13.3. The third kappa shape index (κ3) is 11.1. The maximum absolute atomic E-state index is 13.3. The molecule has 332 valence electrons. The number of hydrogen-bond donors (Lipinski definition) is 2. The van der Waals surface area contributed by atoms with Crippen molar-refractivity contribution in [2.45, 2.75) is 103 Å². The lowest BCUT2D eigenvalue weighted by Gasteiger charge is -2.30. The monoisotopic (exact) mass is 855 g/mol. The Hall–Kier alpha value is -6.32. The number of likely N-dealkylation sites (tertiary alicyclic amines) is 4. The van der Waals surface area contributed by atoms with Gasteiger partial charge in [-0.1, -0.05) is 78.9 Å². The molecule has 6 atom stereocenters. The molecule has 2 N–H and O–H groups in total. The number of nitrogens with one attached hydrogen (secondary N) is 1. The molecule has 0 radical (unpaired) electrons. The number of aliphatic carboxylic acids is 1. The van der Waals surface area contributed by atoms with Crippen LogP contribution in [0.3, 0.4) is 0 Å². The fraction of sp³-hybridized carbons (Fsp3) is 0.478. The van der Waals surface area contributed by atoms with Crippen LogP contribution >= 0.6 is 0 Å². The molecule has 7 rings (SSSR count). The van der Waals surface area contributed by atoms with Crippen LogP contribution in [0.15, 0.2) is 91.0 Å². The van der Waals surface area contributed by atoms with Gasteiger partial charge in [-0.2, -0.15) is 0 Å². The van der Waals surface area contributed by atoms with Crippen molar-refractivity contribution in [3.8, 4) is 0 Å². The largest absolute Gasteiger partial charge is 0.481 e. The van der Waals surface area contributed by atoms with Crippen LogP contribution in [-0.4, -0.2) is 123 Å². The van der Waals surface area contributed by atoms with E-state index in [1.165, 1.54) is 9.80 Å². The van der Waals surface area contributed by atoms with Crippen molar-refractivity contribution in [1.82, 2.24) is 19.6 Å². The normalized spacial score (nSPS) is 22.7. The van der Waals surface area contributed by atoms with Gasteiger partial charge in [0.25, 0.3) is 0 Å². The van der Waals surface area contributed by atoms with Crippen LogP contribution in [0, 0.1) is 11.8 Å². The van der Waals surface area contributed by atoms with E-state index in [0.29, 0.717) is 31.6 Å². The van der Waals surface area contributed by atoms with Crippen molar-refractivity contribution < 1.29 is 52.8 Å². The van der Waals surface area contributed by atoms with Crippen molar-refractivity contribution in [2.24, 2.45) is 11.8 Å². The van der Waals surface area contributed by atoms with E-state index in [-0.39, 0.29) is 38.3 Å². The number of carbonyl (C=O) groups excluding carboxylic acids is 5. The van der Waals surface area contributed by atoms with Crippen molar-refractivity contribution in [3.63, 3.8) is 0 Å². The smallest absolute Gasteiger partial charge is 0.410 e. The minimum atomic E-state index is -1.04. The summed E-state index contributed by atoms with van der Waals surface area (Å²) in [5, 5.41) is 12.6. The lowest BCUT2D eigenvalue weighted by Crippen LogP contribution is -2.47. The highest BCUT2D eigenvalue weighted by Gasteiger charge is 2.57. The molecule has 4 fully saturated rings. The summed E-state index contributed by atoms with van der Waals surface area (Å²) in [6.07, 6.45) is -1.02. The molecule has 0 aliphatic carbocycles. The van der Waals surface area contributed by atoms with Gasteiger partial charge in [0.2, 0.25) is 5.91 Å².